The highest BCUT2D eigenvalue weighted by molar-refractivity contribution is 6.12. The lowest BCUT2D eigenvalue weighted by Gasteiger charge is -2.37. The number of amides is 1. The maximum absolute atomic E-state index is 11.9. The van der Waals surface area contributed by atoms with E-state index in [1.54, 1.807) is 14.0 Å². The van der Waals surface area contributed by atoms with Gasteiger partial charge in [0.1, 0.15) is 23.0 Å². The minimum Gasteiger partial charge on any atom is -0.496 e. The van der Waals surface area contributed by atoms with E-state index in [1.807, 2.05) is 25.7 Å². The zero-order valence-corrected chi connectivity index (χ0v) is 27.8. The van der Waals surface area contributed by atoms with Crippen molar-refractivity contribution in [1.82, 2.24) is 29.9 Å². The van der Waals surface area contributed by atoms with E-state index in [-0.39, 0.29) is 11.8 Å². The van der Waals surface area contributed by atoms with Crippen LogP contribution in [0.3, 0.4) is 0 Å². The Morgan fingerprint density at radius 1 is 1.16 bits per heavy atom. The largest absolute Gasteiger partial charge is 0.496 e. The molecule has 45 heavy (non-hydrogen) atoms. The van der Waals surface area contributed by atoms with Gasteiger partial charge in [0, 0.05) is 56.1 Å². The van der Waals surface area contributed by atoms with Gasteiger partial charge in [-0.05, 0) is 80.9 Å². The van der Waals surface area contributed by atoms with Crippen LogP contribution in [0.25, 0.3) is 38.6 Å². The molecular weight excluding hydrogens is 564 g/mol. The quantitative estimate of drug-likeness (QED) is 0.243. The van der Waals surface area contributed by atoms with Crippen LogP contribution in [-0.2, 0) is 4.79 Å². The first-order chi connectivity index (χ1) is 21.6. The first-order valence-corrected chi connectivity index (χ1v) is 16.0. The SMILES string of the molecule is C/C=C\C1=C(CN2CCN(C(C)=O)CC2)CC(C)C(c2nc(C)nc3[nH]c4cc(-c5c(C)noc5C)c(OC)cc4c23)=C1CC. The zero-order valence-electron chi connectivity index (χ0n) is 27.8. The second-order valence-electron chi connectivity index (χ2n) is 12.4. The number of aryl methyl sites for hydroxylation is 3. The van der Waals surface area contributed by atoms with E-state index in [9.17, 15) is 4.79 Å². The highest BCUT2D eigenvalue weighted by Gasteiger charge is 2.31. The van der Waals surface area contributed by atoms with Gasteiger partial charge in [-0.2, -0.15) is 0 Å². The number of hydrogen-bond acceptors (Lipinski definition) is 7. The van der Waals surface area contributed by atoms with Crippen molar-refractivity contribution in [2.75, 3.05) is 39.8 Å². The van der Waals surface area contributed by atoms with Crippen LogP contribution < -0.4 is 4.74 Å². The van der Waals surface area contributed by atoms with Gasteiger partial charge >= 0.3 is 0 Å². The van der Waals surface area contributed by atoms with E-state index in [0.29, 0.717) is 0 Å². The van der Waals surface area contributed by atoms with Gasteiger partial charge in [-0.3, -0.25) is 9.69 Å². The molecule has 1 unspecified atom stereocenters. The Morgan fingerprint density at radius 2 is 1.91 bits per heavy atom. The standard InChI is InChI=1S/C36H44N6O3/c1-9-11-27-25(19-41-12-14-42(15-13-41)24(7)43)16-20(3)32(26(27)10-2)35-34-28-18-31(44-8)29(33-21(4)40-45-22(33)5)17-30(28)39-36(34)38-23(6)37-35/h9,11,17-18,20H,10,12-16,19H2,1-8H3,(H,37,38,39)/b11-9-. The molecule has 9 heteroatoms. The monoisotopic (exact) mass is 608 g/mol. The summed E-state index contributed by atoms with van der Waals surface area (Å²) in [4.78, 5) is 30.0. The molecule has 236 valence electrons. The summed E-state index contributed by atoms with van der Waals surface area (Å²) < 4.78 is 11.5. The summed E-state index contributed by atoms with van der Waals surface area (Å²) in [6.45, 7) is 18.5. The summed E-state index contributed by atoms with van der Waals surface area (Å²) in [5, 5.41) is 6.24. The number of hydrogen-bond donors (Lipinski definition) is 1. The predicted octanol–water partition coefficient (Wildman–Crippen LogP) is 6.94. The predicted molar refractivity (Wildman–Crippen MR) is 179 cm³/mol. The van der Waals surface area contributed by atoms with Crippen LogP contribution in [0.5, 0.6) is 5.75 Å². The maximum Gasteiger partial charge on any atom is 0.219 e. The maximum atomic E-state index is 11.9. The summed E-state index contributed by atoms with van der Waals surface area (Å²) in [6, 6.07) is 4.22. The zero-order chi connectivity index (χ0) is 32.0. The Hall–Kier alpha value is -4.24. The Balaban J connectivity index is 1.52. The number of carbonyl (C=O) groups excluding carboxylic acids is 1. The van der Waals surface area contributed by atoms with Crippen molar-refractivity contribution in [3.63, 3.8) is 0 Å². The van der Waals surface area contributed by atoms with Crippen LogP contribution in [0.4, 0.5) is 0 Å². The molecule has 1 saturated heterocycles. The molecule has 0 spiro atoms. The Bertz CT molecular complexity index is 1860. The number of H-pyrrole nitrogens is 1. The van der Waals surface area contributed by atoms with Gasteiger partial charge < -0.3 is 19.1 Å². The van der Waals surface area contributed by atoms with Crippen LogP contribution in [0.1, 0.15) is 63.5 Å². The summed E-state index contributed by atoms with van der Waals surface area (Å²) in [5.41, 5.74) is 10.9. The molecule has 3 aromatic heterocycles. The molecule has 1 fully saturated rings. The molecule has 6 rings (SSSR count). The molecule has 1 amide bonds. The van der Waals surface area contributed by atoms with E-state index in [2.05, 4.69) is 60.1 Å². The molecule has 0 bridgehead atoms. The van der Waals surface area contributed by atoms with Crippen LogP contribution in [0, 0.1) is 26.7 Å². The first-order valence-electron chi connectivity index (χ1n) is 16.0. The molecule has 2 aliphatic rings. The fraction of sp³-hybridized carbons (Fsp3) is 0.444. The van der Waals surface area contributed by atoms with Crippen LogP contribution in [0.2, 0.25) is 0 Å². The van der Waals surface area contributed by atoms with Gasteiger partial charge in [-0.25, -0.2) is 9.97 Å². The molecule has 4 heterocycles. The smallest absolute Gasteiger partial charge is 0.219 e. The molecule has 1 aliphatic heterocycles. The second-order valence-corrected chi connectivity index (χ2v) is 12.4. The number of benzene rings is 1. The first kappa shape index (κ1) is 30.8. The summed E-state index contributed by atoms with van der Waals surface area (Å²) in [6.07, 6.45) is 6.29. The normalized spacial score (nSPS) is 18.3. The lowest BCUT2D eigenvalue weighted by molar-refractivity contribution is -0.130. The Kier molecular flexibility index (Phi) is 8.39. The van der Waals surface area contributed by atoms with Gasteiger partial charge in [0.25, 0.3) is 0 Å². The molecule has 0 saturated carbocycles. The molecule has 1 aromatic carbocycles. The number of aromatic nitrogens is 4. The number of nitrogens with one attached hydrogen (secondary N) is 1. The van der Waals surface area contributed by atoms with Gasteiger partial charge in [0.2, 0.25) is 5.91 Å². The van der Waals surface area contributed by atoms with Gasteiger partial charge in [-0.15, -0.1) is 0 Å². The third kappa shape index (κ3) is 5.47. The van der Waals surface area contributed by atoms with Crippen molar-refractivity contribution in [3.05, 3.63) is 64.0 Å². The van der Waals surface area contributed by atoms with Crippen molar-refractivity contribution in [3.8, 4) is 16.9 Å². The topological polar surface area (TPSA) is 100 Å². The van der Waals surface area contributed by atoms with Crippen molar-refractivity contribution in [2.45, 2.75) is 61.3 Å². The lowest BCUT2D eigenvalue weighted by atomic mass is 9.76. The van der Waals surface area contributed by atoms with Gasteiger partial charge in [-0.1, -0.05) is 31.2 Å². The number of methoxy groups -OCH3 is 1. The summed E-state index contributed by atoms with van der Waals surface area (Å²) in [7, 11) is 1.70. The molecular formula is C36H44N6O3. The average Bonchev–Trinajstić information content (AvgIpc) is 3.54. The van der Waals surface area contributed by atoms with Crippen molar-refractivity contribution in [1.29, 1.82) is 0 Å². The second kappa shape index (κ2) is 12.3. The number of fused-ring (bicyclic) bond motifs is 3. The van der Waals surface area contributed by atoms with E-state index in [0.717, 1.165) is 107 Å². The van der Waals surface area contributed by atoms with E-state index in [1.165, 1.54) is 22.3 Å². The fourth-order valence-corrected chi connectivity index (χ4v) is 7.38. The number of rotatable bonds is 7. The van der Waals surface area contributed by atoms with Crippen LogP contribution in [0.15, 0.2) is 45.5 Å². The minimum atomic E-state index is 0.164. The number of carbonyl (C=O) groups is 1. The molecule has 1 N–H and O–H groups in total. The number of allylic oxidation sites excluding steroid dienone is 5. The number of ether oxygens (including phenoxy) is 1. The molecule has 4 aromatic rings. The third-order valence-corrected chi connectivity index (χ3v) is 9.44. The number of aromatic amines is 1. The van der Waals surface area contributed by atoms with E-state index >= 15 is 0 Å². The van der Waals surface area contributed by atoms with Crippen LogP contribution in [-0.4, -0.2) is 75.6 Å². The molecule has 0 radical (unpaired) electrons. The van der Waals surface area contributed by atoms with Crippen molar-refractivity contribution in [2.24, 2.45) is 5.92 Å². The van der Waals surface area contributed by atoms with Crippen molar-refractivity contribution >= 4 is 33.4 Å². The Morgan fingerprint density at radius 3 is 2.53 bits per heavy atom. The fourth-order valence-electron chi connectivity index (χ4n) is 7.38. The Labute approximate surface area is 265 Å². The molecule has 1 atom stereocenters. The van der Waals surface area contributed by atoms with Gasteiger partial charge in [0.05, 0.1) is 29.4 Å². The number of piperazine rings is 1. The van der Waals surface area contributed by atoms with E-state index < -0.39 is 0 Å². The lowest BCUT2D eigenvalue weighted by Crippen LogP contribution is -2.48. The van der Waals surface area contributed by atoms with Crippen LogP contribution >= 0.6 is 0 Å². The molecule has 1 aliphatic carbocycles. The van der Waals surface area contributed by atoms with Gasteiger partial charge in [0.15, 0.2) is 0 Å². The minimum absolute atomic E-state index is 0.164. The average molecular weight is 609 g/mol. The van der Waals surface area contributed by atoms with E-state index in [4.69, 9.17) is 19.2 Å². The summed E-state index contributed by atoms with van der Waals surface area (Å²) in [5.74, 6) is 2.69. The third-order valence-electron chi connectivity index (χ3n) is 9.44. The number of nitrogens with zero attached hydrogens (tertiary/aromatic N) is 5. The highest BCUT2D eigenvalue weighted by Crippen LogP contribution is 2.46. The highest BCUT2D eigenvalue weighted by atomic mass is 16.5. The summed E-state index contributed by atoms with van der Waals surface area (Å²) >= 11 is 0. The van der Waals surface area contributed by atoms with Crippen molar-refractivity contribution < 1.29 is 14.1 Å². The molecule has 9 nitrogen and oxygen atoms in total.